The second-order valence-corrected chi connectivity index (χ2v) is 6.58. The van der Waals surface area contributed by atoms with Crippen LogP contribution < -0.4 is 15.4 Å². The van der Waals surface area contributed by atoms with Gasteiger partial charge in [-0.15, -0.1) is 0 Å². The summed E-state index contributed by atoms with van der Waals surface area (Å²) in [7, 11) is 1.64. The number of benzene rings is 1. The first-order chi connectivity index (χ1) is 10.6. The lowest BCUT2D eigenvalue weighted by atomic mass is 10.1. The van der Waals surface area contributed by atoms with E-state index in [4.69, 9.17) is 16.3 Å². The highest BCUT2D eigenvalue weighted by Crippen LogP contribution is 2.22. The first-order valence-electron chi connectivity index (χ1n) is 7.48. The van der Waals surface area contributed by atoms with Crippen LogP contribution in [0.2, 0.25) is 5.02 Å². The van der Waals surface area contributed by atoms with Gasteiger partial charge in [0.25, 0.3) is 0 Å². The topological polar surface area (TPSA) is 45.7 Å². The fourth-order valence-corrected chi connectivity index (χ4v) is 2.30. The van der Waals surface area contributed by atoms with Gasteiger partial charge >= 0.3 is 0 Å². The van der Waals surface area contributed by atoms with Gasteiger partial charge in [-0.1, -0.05) is 24.6 Å². The molecule has 2 N–H and O–H groups in total. The fraction of sp³-hybridized carbons (Fsp3) is 0.562. The molecule has 0 saturated heterocycles. The third-order valence-corrected chi connectivity index (χ3v) is 4.51. The molecule has 0 aliphatic carbocycles. The van der Waals surface area contributed by atoms with Crippen molar-refractivity contribution in [3.8, 4) is 5.75 Å². The van der Waals surface area contributed by atoms with Crippen molar-refractivity contribution in [3.63, 3.8) is 0 Å². The molecule has 6 heteroatoms. The van der Waals surface area contributed by atoms with Crippen LogP contribution in [0.3, 0.4) is 0 Å². The maximum absolute atomic E-state index is 6.25. The van der Waals surface area contributed by atoms with Crippen molar-refractivity contribution in [2.24, 2.45) is 4.99 Å². The van der Waals surface area contributed by atoms with Gasteiger partial charge in [0.2, 0.25) is 0 Å². The zero-order chi connectivity index (χ0) is 16.4. The molecule has 0 saturated carbocycles. The Morgan fingerprint density at radius 1 is 1.41 bits per heavy atom. The Morgan fingerprint density at radius 2 is 2.18 bits per heavy atom. The molecule has 1 rings (SSSR count). The van der Waals surface area contributed by atoms with E-state index in [0.29, 0.717) is 5.25 Å². The average Bonchev–Trinajstić information content (AvgIpc) is 2.53. The van der Waals surface area contributed by atoms with Crippen LogP contribution in [0, 0.1) is 0 Å². The molecule has 0 radical (unpaired) electrons. The third kappa shape index (κ3) is 6.79. The van der Waals surface area contributed by atoms with Crippen LogP contribution in [0.4, 0.5) is 0 Å². The van der Waals surface area contributed by atoms with Crippen molar-refractivity contribution in [3.05, 3.63) is 28.8 Å². The summed E-state index contributed by atoms with van der Waals surface area (Å²) < 4.78 is 5.16. The van der Waals surface area contributed by atoms with Crippen molar-refractivity contribution in [1.82, 2.24) is 10.6 Å². The summed E-state index contributed by atoms with van der Waals surface area (Å²) in [5.41, 5.74) is 1.10. The highest BCUT2D eigenvalue weighted by atomic mass is 35.5. The van der Waals surface area contributed by atoms with E-state index < -0.39 is 0 Å². The van der Waals surface area contributed by atoms with Gasteiger partial charge in [0, 0.05) is 23.4 Å². The normalized spacial score (nSPS) is 12.9. The van der Waals surface area contributed by atoms with Crippen molar-refractivity contribution < 1.29 is 4.74 Å². The van der Waals surface area contributed by atoms with Crippen LogP contribution in [-0.2, 0) is 6.42 Å². The van der Waals surface area contributed by atoms with Crippen molar-refractivity contribution in [1.29, 1.82) is 0 Å². The lowest BCUT2D eigenvalue weighted by Gasteiger charge is -2.13. The number of aliphatic imine (C=N–C) groups is 1. The minimum absolute atomic E-state index is 0.520. The molecule has 0 spiro atoms. The Bertz CT molecular complexity index is 482. The predicted molar refractivity (Wildman–Crippen MR) is 98.7 cm³/mol. The smallest absolute Gasteiger partial charge is 0.191 e. The molecule has 1 atom stereocenters. The van der Waals surface area contributed by atoms with E-state index in [-0.39, 0.29) is 0 Å². The van der Waals surface area contributed by atoms with E-state index in [1.54, 1.807) is 7.11 Å². The van der Waals surface area contributed by atoms with Gasteiger partial charge in [-0.25, -0.2) is 0 Å². The number of hydrogen-bond acceptors (Lipinski definition) is 3. The molecule has 0 aliphatic heterocycles. The van der Waals surface area contributed by atoms with Gasteiger partial charge in [-0.3, -0.25) is 4.99 Å². The Labute approximate surface area is 143 Å². The lowest BCUT2D eigenvalue weighted by molar-refractivity contribution is 0.414. The SMILES string of the molecule is CCNC(=NCC(C)SC)NCCc1ccc(OC)cc1Cl. The van der Waals surface area contributed by atoms with Gasteiger partial charge in [-0.05, 0) is 37.3 Å². The van der Waals surface area contributed by atoms with E-state index in [9.17, 15) is 0 Å². The molecular weight excluding hydrogens is 318 g/mol. The summed E-state index contributed by atoms with van der Waals surface area (Å²) in [5, 5.41) is 7.86. The standard InChI is InChI=1S/C16H26ClN3OS/c1-5-18-16(20-11-12(2)22-4)19-9-8-13-6-7-14(21-3)10-15(13)17/h6-7,10,12H,5,8-9,11H2,1-4H3,(H2,18,19,20). The van der Waals surface area contributed by atoms with Crippen LogP contribution in [0.15, 0.2) is 23.2 Å². The Balaban J connectivity index is 2.51. The molecule has 0 amide bonds. The summed E-state index contributed by atoms with van der Waals surface area (Å²) >= 11 is 8.07. The number of nitrogens with zero attached hydrogens (tertiary/aromatic N) is 1. The zero-order valence-electron chi connectivity index (χ0n) is 13.8. The Morgan fingerprint density at radius 3 is 2.77 bits per heavy atom. The molecule has 1 unspecified atom stereocenters. The van der Waals surface area contributed by atoms with E-state index in [1.165, 1.54) is 0 Å². The summed E-state index contributed by atoms with van der Waals surface area (Å²) in [6.45, 7) is 6.68. The van der Waals surface area contributed by atoms with Gasteiger partial charge in [-0.2, -0.15) is 11.8 Å². The number of nitrogens with one attached hydrogen (secondary N) is 2. The highest BCUT2D eigenvalue weighted by Gasteiger charge is 2.04. The number of methoxy groups -OCH3 is 1. The number of halogens is 1. The number of rotatable bonds is 8. The van der Waals surface area contributed by atoms with Crippen LogP contribution in [0.5, 0.6) is 5.75 Å². The lowest BCUT2D eigenvalue weighted by Crippen LogP contribution is -2.38. The molecular formula is C16H26ClN3OS. The number of guanidine groups is 1. The minimum atomic E-state index is 0.520. The molecule has 0 aliphatic rings. The van der Waals surface area contributed by atoms with Gasteiger partial charge in [0.1, 0.15) is 5.75 Å². The maximum Gasteiger partial charge on any atom is 0.191 e. The summed E-state index contributed by atoms with van der Waals surface area (Å²) in [6, 6.07) is 5.78. The summed E-state index contributed by atoms with van der Waals surface area (Å²) in [6.07, 6.45) is 2.94. The fourth-order valence-electron chi connectivity index (χ4n) is 1.81. The van der Waals surface area contributed by atoms with Crippen LogP contribution in [0.1, 0.15) is 19.4 Å². The monoisotopic (exact) mass is 343 g/mol. The predicted octanol–water partition coefficient (Wildman–Crippen LogP) is 3.20. The zero-order valence-corrected chi connectivity index (χ0v) is 15.4. The Kier molecular flexibility index (Phi) is 9.16. The molecule has 1 aromatic rings. The average molecular weight is 344 g/mol. The first kappa shape index (κ1) is 19.0. The maximum atomic E-state index is 6.25. The van der Waals surface area contributed by atoms with Gasteiger partial charge < -0.3 is 15.4 Å². The second kappa shape index (κ2) is 10.6. The van der Waals surface area contributed by atoms with Crippen LogP contribution in [-0.4, -0.2) is 44.2 Å². The number of thioether (sulfide) groups is 1. The molecule has 124 valence electrons. The number of ether oxygens (including phenoxy) is 1. The first-order valence-corrected chi connectivity index (χ1v) is 9.14. The van der Waals surface area contributed by atoms with E-state index in [0.717, 1.165) is 48.4 Å². The molecule has 0 bridgehead atoms. The minimum Gasteiger partial charge on any atom is -0.497 e. The van der Waals surface area contributed by atoms with Crippen molar-refractivity contribution in [2.45, 2.75) is 25.5 Å². The molecule has 0 aromatic heterocycles. The van der Waals surface area contributed by atoms with Crippen molar-refractivity contribution >= 4 is 29.3 Å². The van der Waals surface area contributed by atoms with Crippen LogP contribution in [0.25, 0.3) is 0 Å². The molecule has 0 heterocycles. The molecule has 0 fully saturated rings. The molecule has 22 heavy (non-hydrogen) atoms. The third-order valence-electron chi connectivity index (χ3n) is 3.20. The summed E-state index contributed by atoms with van der Waals surface area (Å²) in [5.74, 6) is 1.63. The largest absolute Gasteiger partial charge is 0.497 e. The van der Waals surface area contributed by atoms with Gasteiger partial charge in [0.05, 0.1) is 13.7 Å². The van der Waals surface area contributed by atoms with Crippen molar-refractivity contribution in [2.75, 3.05) is 33.0 Å². The van der Waals surface area contributed by atoms with Gasteiger partial charge in [0.15, 0.2) is 5.96 Å². The Hall–Kier alpha value is -1.07. The highest BCUT2D eigenvalue weighted by molar-refractivity contribution is 7.99. The van der Waals surface area contributed by atoms with E-state index >= 15 is 0 Å². The van der Waals surface area contributed by atoms with E-state index in [1.807, 2.05) is 30.0 Å². The summed E-state index contributed by atoms with van der Waals surface area (Å²) in [4.78, 5) is 4.59. The number of hydrogen-bond donors (Lipinski definition) is 2. The second-order valence-electron chi connectivity index (χ2n) is 4.90. The molecule has 4 nitrogen and oxygen atoms in total. The quantitative estimate of drug-likeness (QED) is 0.562. The van der Waals surface area contributed by atoms with E-state index in [2.05, 4.69) is 35.7 Å². The van der Waals surface area contributed by atoms with Crippen LogP contribution >= 0.6 is 23.4 Å². The molecule has 1 aromatic carbocycles.